The van der Waals surface area contributed by atoms with Crippen LogP contribution in [-0.4, -0.2) is 43.5 Å². The molecule has 158 valence electrons. The van der Waals surface area contributed by atoms with Crippen molar-refractivity contribution in [1.82, 2.24) is 5.32 Å². The van der Waals surface area contributed by atoms with Gasteiger partial charge in [0.2, 0.25) is 0 Å². The first-order chi connectivity index (χ1) is 14.5. The predicted octanol–water partition coefficient (Wildman–Crippen LogP) is 3.22. The van der Waals surface area contributed by atoms with Crippen molar-refractivity contribution in [3.8, 4) is 0 Å². The van der Waals surface area contributed by atoms with Gasteiger partial charge in [-0.1, -0.05) is 6.07 Å². The van der Waals surface area contributed by atoms with E-state index in [4.69, 9.17) is 4.74 Å². The average Bonchev–Trinajstić information content (AvgIpc) is 3.57. The maximum atomic E-state index is 12.2. The van der Waals surface area contributed by atoms with E-state index in [1.165, 1.54) is 0 Å². The van der Waals surface area contributed by atoms with Crippen molar-refractivity contribution in [2.45, 2.75) is 32.7 Å². The Morgan fingerprint density at radius 1 is 1.00 bits per heavy atom. The maximum absolute atomic E-state index is 12.2. The molecule has 1 aliphatic carbocycles. The minimum absolute atomic E-state index is 0.159. The number of amides is 2. The molecule has 1 aliphatic rings. The number of esters is 1. The van der Waals surface area contributed by atoms with Gasteiger partial charge in [-0.3, -0.25) is 9.59 Å². The second-order valence-corrected chi connectivity index (χ2v) is 7.17. The van der Waals surface area contributed by atoms with Crippen molar-refractivity contribution >= 4 is 29.2 Å². The molecular formula is C23H27N3O4. The molecule has 1 saturated carbocycles. The van der Waals surface area contributed by atoms with Crippen LogP contribution in [-0.2, 0) is 9.53 Å². The Bertz CT molecular complexity index is 903. The fourth-order valence-corrected chi connectivity index (χ4v) is 3.04. The number of anilines is 2. The van der Waals surface area contributed by atoms with Crippen molar-refractivity contribution in [1.29, 1.82) is 0 Å². The Balaban J connectivity index is 1.50. The van der Waals surface area contributed by atoms with Gasteiger partial charge in [-0.2, -0.15) is 0 Å². The van der Waals surface area contributed by atoms with Gasteiger partial charge in [0, 0.05) is 36.1 Å². The number of ether oxygens (including phenoxy) is 1. The monoisotopic (exact) mass is 409 g/mol. The summed E-state index contributed by atoms with van der Waals surface area (Å²) in [4.78, 5) is 38.6. The molecule has 0 unspecified atom stereocenters. The van der Waals surface area contributed by atoms with E-state index in [1.54, 1.807) is 36.4 Å². The summed E-state index contributed by atoms with van der Waals surface area (Å²) in [6.07, 6.45) is 2.01. The van der Waals surface area contributed by atoms with E-state index < -0.39 is 18.5 Å². The SMILES string of the molecule is CCN(CC)c1ccc(C(=O)OCC(=O)Nc2cccc(C(=O)NC3CC3)c2)cc1. The molecule has 0 radical (unpaired) electrons. The second-order valence-electron chi connectivity index (χ2n) is 7.17. The molecule has 0 aliphatic heterocycles. The number of benzene rings is 2. The molecule has 7 nitrogen and oxygen atoms in total. The van der Waals surface area contributed by atoms with Gasteiger partial charge in [0.15, 0.2) is 6.61 Å². The van der Waals surface area contributed by atoms with E-state index in [0.717, 1.165) is 31.6 Å². The molecule has 0 bridgehead atoms. The zero-order chi connectivity index (χ0) is 21.5. The molecule has 0 heterocycles. The first-order valence-corrected chi connectivity index (χ1v) is 10.2. The fourth-order valence-electron chi connectivity index (χ4n) is 3.04. The summed E-state index contributed by atoms with van der Waals surface area (Å²) in [5.74, 6) is -1.19. The number of nitrogens with zero attached hydrogens (tertiary/aromatic N) is 1. The third-order valence-corrected chi connectivity index (χ3v) is 4.89. The maximum Gasteiger partial charge on any atom is 0.338 e. The first-order valence-electron chi connectivity index (χ1n) is 10.2. The van der Waals surface area contributed by atoms with E-state index in [9.17, 15) is 14.4 Å². The zero-order valence-corrected chi connectivity index (χ0v) is 17.3. The van der Waals surface area contributed by atoms with Crippen LogP contribution in [0.4, 0.5) is 11.4 Å². The smallest absolute Gasteiger partial charge is 0.338 e. The van der Waals surface area contributed by atoms with Crippen LogP contribution in [0.1, 0.15) is 47.4 Å². The molecule has 3 rings (SSSR count). The number of hydrogen-bond acceptors (Lipinski definition) is 5. The highest BCUT2D eigenvalue weighted by Crippen LogP contribution is 2.20. The largest absolute Gasteiger partial charge is 0.452 e. The highest BCUT2D eigenvalue weighted by atomic mass is 16.5. The zero-order valence-electron chi connectivity index (χ0n) is 17.3. The van der Waals surface area contributed by atoms with E-state index in [2.05, 4.69) is 29.4 Å². The summed E-state index contributed by atoms with van der Waals surface area (Å²) in [5, 5.41) is 5.55. The molecule has 2 amide bonds. The second kappa shape index (κ2) is 9.91. The van der Waals surface area contributed by atoms with Crippen LogP contribution in [0.5, 0.6) is 0 Å². The van der Waals surface area contributed by atoms with Gasteiger partial charge in [-0.15, -0.1) is 0 Å². The summed E-state index contributed by atoms with van der Waals surface area (Å²) in [6.45, 7) is 5.49. The van der Waals surface area contributed by atoms with Gasteiger partial charge < -0.3 is 20.3 Å². The summed E-state index contributed by atoms with van der Waals surface area (Å²) >= 11 is 0. The van der Waals surface area contributed by atoms with Crippen LogP contribution >= 0.6 is 0 Å². The van der Waals surface area contributed by atoms with Crippen molar-refractivity contribution in [2.24, 2.45) is 0 Å². The van der Waals surface area contributed by atoms with Crippen molar-refractivity contribution in [2.75, 3.05) is 29.9 Å². The van der Waals surface area contributed by atoms with E-state index in [-0.39, 0.29) is 11.9 Å². The summed E-state index contributed by atoms with van der Waals surface area (Å²) in [6, 6.07) is 14.0. The highest BCUT2D eigenvalue weighted by molar-refractivity contribution is 5.98. The van der Waals surface area contributed by atoms with Crippen LogP contribution in [0, 0.1) is 0 Å². The molecule has 0 atom stereocenters. The van der Waals surface area contributed by atoms with Crippen molar-refractivity contribution < 1.29 is 19.1 Å². The first kappa shape index (κ1) is 21.4. The number of rotatable bonds is 9. The van der Waals surface area contributed by atoms with Gasteiger partial charge in [-0.25, -0.2) is 4.79 Å². The lowest BCUT2D eigenvalue weighted by Gasteiger charge is -2.20. The molecule has 0 saturated heterocycles. The predicted molar refractivity (Wildman–Crippen MR) is 116 cm³/mol. The Kier molecular flexibility index (Phi) is 7.06. The summed E-state index contributed by atoms with van der Waals surface area (Å²) in [5.41, 5.74) is 2.37. The van der Waals surface area contributed by atoms with Crippen LogP contribution in [0.3, 0.4) is 0 Å². The lowest BCUT2D eigenvalue weighted by Crippen LogP contribution is -2.25. The third-order valence-electron chi connectivity index (χ3n) is 4.89. The number of carbonyl (C=O) groups excluding carboxylic acids is 3. The van der Waals surface area contributed by atoms with Crippen LogP contribution < -0.4 is 15.5 Å². The van der Waals surface area contributed by atoms with Gasteiger partial charge in [-0.05, 0) is 69.2 Å². The lowest BCUT2D eigenvalue weighted by atomic mass is 10.2. The molecule has 30 heavy (non-hydrogen) atoms. The van der Waals surface area contributed by atoms with Crippen molar-refractivity contribution in [3.63, 3.8) is 0 Å². The topological polar surface area (TPSA) is 87.7 Å². The minimum atomic E-state index is -0.561. The normalized spacial score (nSPS) is 12.7. The van der Waals surface area contributed by atoms with E-state index in [1.807, 2.05) is 12.1 Å². The van der Waals surface area contributed by atoms with E-state index in [0.29, 0.717) is 16.8 Å². The number of carbonyl (C=O) groups is 3. The summed E-state index contributed by atoms with van der Waals surface area (Å²) < 4.78 is 5.11. The third kappa shape index (κ3) is 5.83. The number of nitrogens with one attached hydrogen (secondary N) is 2. The molecular weight excluding hydrogens is 382 g/mol. The van der Waals surface area contributed by atoms with Gasteiger partial charge in [0.05, 0.1) is 5.56 Å². The van der Waals surface area contributed by atoms with Gasteiger partial charge in [0.25, 0.3) is 11.8 Å². The van der Waals surface area contributed by atoms with Crippen LogP contribution in [0.15, 0.2) is 48.5 Å². The lowest BCUT2D eigenvalue weighted by molar-refractivity contribution is -0.119. The molecule has 0 aromatic heterocycles. The Hall–Kier alpha value is -3.35. The Morgan fingerprint density at radius 2 is 1.70 bits per heavy atom. The quantitative estimate of drug-likeness (QED) is 0.621. The molecule has 2 aromatic carbocycles. The number of hydrogen-bond donors (Lipinski definition) is 2. The fraction of sp³-hybridized carbons (Fsp3) is 0.348. The van der Waals surface area contributed by atoms with Gasteiger partial charge in [0.1, 0.15) is 0 Å². The Morgan fingerprint density at radius 3 is 2.33 bits per heavy atom. The van der Waals surface area contributed by atoms with E-state index >= 15 is 0 Å². The molecule has 2 aromatic rings. The minimum Gasteiger partial charge on any atom is -0.452 e. The molecule has 2 N–H and O–H groups in total. The molecule has 7 heteroatoms. The Labute approximate surface area is 176 Å². The van der Waals surface area contributed by atoms with Crippen molar-refractivity contribution in [3.05, 3.63) is 59.7 Å². The highest BCUT2D eigenvalue weighted by Gasteiger charge is 2.23. The average molecular weight is 409 g/mol. The van der Waals surface area contributed by atoms with Crippen LogP contribution in [0.2, 0.25) is 0 Å². The molecule has 0 spiro atoms. The summed E-state index contributed by atoms with van der Waals surface area (Å²) in [7, 11) is 0. The van der Waals surface area contributed by atoms with Crippen LogP contribution in [0.25, 0.3) is 0 Å². The standard InChI is InChI=1S/C23H27N3O4/c1-3-26(4-2)20-12-8-16(9-13-20)23(29)30-15-21(27)24-19-7-5-6-17(14-19)22(28)25-18-10-11-18/h5-9,12-14,18H,3-4,10-11,15H2,1-2H3,(H,24,27)(H,25,28). The van der Waals surface area contributed by atoms with Gasteiger partial charge >= 0.3 is 5.97 Å². The molecule has 1 fully saturated rings.